The highest BCUT2D eigenvalue weighted by Gasteiger charge is 2.31. The van der Waals surface area contributed by atoms with Crippen molar-refractivity contribution in [1.29, 1.82) is 0 Å². The number of methoxy groups -OCH3 is 1. The molecule has 0 bridgehead atoms. The third kappa shape index (κ3) is 6.63. The molecule has 148 valence electrons. The molecule has 2 fully saturated rings. The lowest BCUT2D eigenvalue weighted by molar-refractivity contribution is -0.134. The molecule has 1 saturated carbocycles. The van der Waals surface area contributed by atoms with Crippen LogP contribution in [0.4, 0.5) is 4.79 Å². The number of unbranched alkanes of at least 4 members (excludes halogenated alkanes) is 2. The van der Waals surface area contributed by atoms with E-state index in [-0.39, 0.29) is 24.1 Å². The number of hydrogen-bond acceptors (Lipinski definition) is 4. The van der Waals surface area contributed by atoms with Crippen LogP contribution < -0.4 is 5.32 Å². The summed E-state index contributed by atoms with van der Waals surface area (Å²) in [6, 6.07) is 0.210. The summed E-state index contributed by atoms with van der Waals surface area (Å²) in [6.45, 7) is 1.33. The molecule has 1 saturated heterocycles. The predicted octanol–water partition coefficient (Wildman–Crippen LogP) is 3.00. The van der Waals surface area contributed by atoms with Gasteiger partial charge in [0.15, 0.2) is 0 Å². The lowest BCUT2D eigenvalue weighted by Crippen LogP contribution is -2.37. The van der Waals surface area contributed by atoms with E-state index in [9.17, 15) is 14.7 Å². The molecule has 0 spiro atoms. The number of urea groups is 1. The second-order valence-corrected chi connectivity index (χ2v) is 7.50. The minimum Gasteiger partial charge on any atom is -0.466 e. The first-order valence-electron chi connectivity index (χ1n) is 10.1. The van der Waals surface area contributed by atoms with Gasteiger partial charge in [0, 0.05) is 19.2 Å². The maximum Gasteiger partial charge on any atom is 0.330 e. The topological polar surface area (TPSA) is 78.9 Å². The summed E-state index contributed by atoms with van der Waals surface area (Å²) < 4.78 is 4.56. The van der Waals surface area contributed by atoms with E-state index >= 15 is 0 Å². The van der Waals surface area contributed by atoms with Gasteiger partial charge in [0.25, 0.3) is 0 Å². The number of hydrogen-bond donors (Lipinski definition) is 2. The first kappa shape index (κ1) is 20.7. The van der Waals surface area contributed by atoms with Crippen molar-refractivity contribution in [3.8, 4) is 0 Å². The number of aliphatic hydroxyl groups is 1. The second-order valence-electron chi connectivity index (χ2n) is 7.50. The fourth-order valence-electron chi connectivity index (χ4n) is 4.04. The summed E-state index contributed by atoms with van der Waals surface area (Å²) in [6.07, 6.45) is 13.4. The van der Waals surface area contributed by atoms with Gasteiger partial charge in [-0.15, -0.1) is 0 Å². The number of carbonyl (C=O) groups is 2. The Hall–Kier alpha value is -1.56. The molecule has 1 aliphatic heterocycles. The lowest BCUT2D eigenvalue weighted by Gasteiger charge is -2.29. The summed E-state index contributed by atoms with van der Waals surface area (Å²) in [5.41, 5.74) is 0. The number of ether oxygens (including phenoxy) is 1. The number of nitrogens with zero attached hydrogens (tertiary/aromatic N) is 1. The first-order valence-corrected chi connectivity index (χ1v) is 10.1. The molecule has 0 aromatic heterocycles. The van der Waals surface area contributed by atoms with Gasteiger partial charge < -0.3 is 20.1 Å². The Morgan fingerprint density at radius 1 is 1.35 bits per heavy atom. The summed E-state index contributed by atoms with van der Waals surface area (Å²) in [5, 5.41) is 13.4. The molecular formula is C20H34N2O4. The third-order valence-electron chi connectivity index (χ3n) is 5.66. The number of amides is 2. The fraction of sp³-hybridized carbons (Fsp3) is 0.800. The Balaban J connectivity index is 1.67. The second kappa shape index (κ2) is 11.2. The van der Waals surface area contributed by atoms with Crippen LogP contribution in [-0.4, -0.2) is 54.4 Å². The van der Waals surface area contributed by atoms with Gasteiger partial charge >= 0.3 is 12.0 Å². The number of rotatable bonds is 10. The molecule has 2 N–H and O–H groups in total. The molecule has 2 unspecified atom stereocenters. The standard InChI is InChI=1S/C20H34N2O4/c1-26-19(24)12-8-3-2-7-11-17-15-21-20(25)22(17)14-13-18(23)16-9-5-4-6-10-16/h8,12,16-18,23H,2-7,9-11,13-15H2,1H3,(H,21,25). The Morgan fingerprint density at radius 3 is 2.85 bits per heavy atom. The van der Waals surface area contributed by atoms with Crippen LogP contribution in [-0.2, 0) is 9.53 Å². The Kier molecular flexibility index (Phi) is 8.95. The zero-order chi connectivity index (χ0) is 18.8. The minimum atomic E-state index is -0.321. The molecule has 0 radical (unpaired) electrons. The average molecular weight is 367 g/mol. The zero-order valence-electron chi connectivity index (χ0n) is 16.0. The van der Waals surface area contributed by atoms with Crippen molar-refractivity contribution >= 4 is 12.0 Å². The highest BCUT2D eigenvalue weighted by atomic mass is 16.5. The van der Waals surface area contributed by atoms with Gasteiger partial charge in [0.2, 0.25) is 0 Å². The van der Waals surface area contributed by atoms with Crippen LogP contribution in [0.2, 0.25) is 0 Å². The molecule has 2 rings (SSSR count). The van der Waals surface area contributed by atoms with E-state index in [0.29, 0.717) is 25.4 Å². The third-order valence-corrected chi connectivity index (χ3v) is 5.66. The van der Waals surface area contributed by atoms with Crippen molar-refractivity contribution in [2.75, 3.05) is 20.2 Å². The molecule has 1 aliphatic carbocycles. The van der Waals surface area contributed by atoms with Gasteiger partial charge in [-0.3, -0.25) is 0 Å². The average Bonchev–Trinajstić information content (AvgIpc) is 3.02. The summed E-state index contributed by atoms with van der Waals surface area (Å²) in [7, 11) is 1.37. The van der Waals surface area contributed by atoms with Crippen molar-refractivity contribution < 1.29 is 19.4 Å². The predicted molar refractivity (Wildman–Crippen MR) is 101 cm³/mol. The van der Waals surface area contributed by atoms with E-state index in [4.69, 9.17) is 0 Å². The first-order chi connectivity index (χ1) is 12.6. The SMILES string of the molecule is COC(=O)C=CCCCCC1CNC(=O)N1CCC(O)C1CCCCC1. The summed E-state index contributed by atoms with van der Waals surface area (Å²) in [4.78, 5) is 25.0. The molecule has 2 atom stereocenters. The Bertz CT molecular complexity index is 474. The molecule has 2 aliphatic rings. The fourth-order valence-corrected chi connectivity index (χ4v) is 4.04. The Labute approximate surface area is 157 Å². The van der Waals surface area contributed by atoms with Gasteiger partial charge in [-0.25, -0.2) is 9.59 Å². The number of esters is 1. The smallest absolute Gasteiger partial charge is 0.330 e. The van der Waals surface area contributed by atoms with Crippen molar-refractivity contribution in [1.82, 2.24) is 10.2 Å². The van der Waals surface area contributed by atoms with Crippen molar-refractivity contribution in [3.05, 3.63) is 12.2 Å². The number of carbonyl (C=O) groups excluding carboxylic acids is 2. The molecule has 0 aromatic rings. The zero-order valence-corrected chi connectivity index (χ0v) is 16.0. The molecule has 0 aromatic carbocycles. The largest absolute Gasteiger partial charge is 0.466 e. The summed E-state index contributed by atoms with van der Waals surface area (Å²) in [5.74, 6) is 0.0905. The lowest BCUT2D eigenvalue weighted by atomic mass is 9.84. The van der Waals surface area contributed by atoms with E-state index in [1.807, 2.05) is 11.0 Å². The van der Waals surface area contributed by atoms with Gasteiger partial charge in [0.05, 0.1) is 19.3 Å². The molecule has 6 heteroatoms. The van der Waals surface area contributed by atoms with Crippen LogP contribution in [0.1, 0.15) is 64.2 Å². The normalized spacial score (nSPS) is 22.6. The van der Waals surface area contributed by atoms with Crippen LogP contribution in [0.25, 0.3) is 0 Å². The maximum atomic E-state index is 12.1. The molecule has 26 heavy (non-hydrogen) atoms. The molecule has 1 heterocycles. The molecule has 2 amide bonds. The van der Waals surface area contributed by atoms with Crippen molar-refractivity contribution in [2.45, 2.75) is 76.4 Å². The van der Waals surface area contributed by atoms with Crippen LogP contribution in [0.5, 0.6) is 0 Å². The van der Waals surface area contributed by atoms with E-state index in [0.717, 1.165) is 38.5 Å². The highest BCUT2D eigenvalue weighted by Crippen LogP contribution is 2.28. The molecular weight excluding hydrogens is 332 g/mol. The van der Waals surface area contributed by atoms with Crippen LogP contribution in [0, 0.1) is 5.92 Å². The van der Waals surface area contributed by atoms with E-state index in [1.54, 1.807) is 0 Å². The molecule has 6 nitrogen and oxygen atoms in total. The van der Waals surface area contributed by atoms with Crippen LogP contribution in [0.3, 0.4) is 0 Å². The van der Waals surface area contributed by atoms with Crippen molar-refractivity contribution in [2.24, 2.45) is 5.92 Å². The van der Waals surface area contributed by atoms with Crippen LogP contribution >= 0.6 is 0 Å². The van der Waals surface area contributed by atoms with Gasteiger partial charge in [-0.1, -0.05) is 31.8 Å². The highest BCUT2D eigenvalue weighted by molar-refractivity contribution is 5.81. The van der Waals surface area contributed by atoms with Gasteiger partial charge in [-0.2, -0.15) is 0 Å². The van der Waals surface area contributed by atoms with Gasteiger partial charge in [0.1, 0.15) is 0 Å². The van der Waals surface area contributed by atoms with E-state index in [2.05, 4.69) is 10.1 Å². The van der Waals surface area contributed by atoms with E-state index < -0.39 is 0 Å². The van der Waals surface area contributed by atoms with Crippen molar-refractivity contribution in [3.63, 3.8) is 0 Å². The van der Waals surface area contributed by atoms with Crippen LogP contribution in [0.15, 0.2) is 12.2 Å². The Morgan fingerprint density at radius 2 is 2.12 bits per heavy atom. The quantitative estimate of drug-likeness (QED) is 0.354. The monoisotopic (exact) mass is 366 g/mol. The number of nitrogens with one attached hydrogen (secondary N) is 1. The number of aliphatic hydroxyl groups excluding tert-OH is 1. The maximum absolute atomic E-state index is 12.1. The number of allylic oxidation sites excluding steroid dienone is 1. The van der Waals surface area contributed by atoms with E-state index in [1.165, 1.54) is 32.4 Å². The summed E-state index contributed by atoms with van der Waals surface area (Å²) >= 11 is 0. The minimum absolute atomic E-state index is 0.00330. The van der Waals surface area contributed by atoms with Gasteiger partial charge in [-0.05, 0) is 44.4 Å².